The molecule has 0 heterocycles. The van der Waals surface area contributed by atoms with Gasteiger partial charge in [-0.2, -0.15) is 0 Å². The molecule has 55 heavy (non-hydrogen) atoms. The molecule has 0 saturated carbocycles. The molecule has 0 saturated heterocycles. The van der Waals surface area contributed by atoms with Gasteiger partial charge in [-0.15, -0.1) is 0 Å². The number of unbranched alkanes of at least 4 members (excludes halogenated alkanes) is 36. The van der Waals surface area contributed by atoms with Crippen molar-refractivity contribution in [1.82, 2.24) is 0 Å². The Morgan fingerprint density at radius 2 is 0.691 bits per heavy atom. The second kappa shape index (κ2) is 47.0. The van der Waals surface area contributed by atoms with Gasteiger partial charge in [0, 0.05) is 12.8 Å². The van der Waals surface area contributed by atoms with Crippen molar-refractivity contribution in [3.8, 4) is 0 Å². The molecule has 0 fully saturated rings. The van der Waals surface area contributed by atoms with Crippen molar-refractivity contribution in [2.45, 2.75) is 283 Å². The van der Waals surface area contributed by atoms with Crippen LogP contribution in [0.4, 0.5) is 0 Å². The quantitative estimate of drug-likeness (QED) is 0.0379. The van der Waals surface area contributed by atoms with Crippen LogP contribution < -0.4 is 0 Å². The van der Waals surface area contributed by atoms with Crippen LogP contribution in [-0.2, 0) is 19.1 Å². The molecule has 1 N–H and O–H groups in total. The summed E-state index contributed by atoms with van der Waals surface area (Å²) in [4.78, 5) is 24.4. The molecule has 0 aliphatic carbocycles. The van der Waals surface area contributed by atoms with E-state index in [4.69, 9.17) is 9.47 Å². The largest absolute Gasteiger partial charge is 0.462 e. The Labute approximate surface area is 343 Å². The van der Waals surface area contributed by atoms with Gasteiger partial charge < -0.3 is 14.6 Å². The number of ether oxygens (including phenoxy) is 2. The minimum atomic E-state index is -0.781. The van der Waals surface area contributed by atoms with Crippen molar-refractivity contribution in [3.63, 3.8) is 0 Å². The first-order valence-corrected chi connectivity index (χ1v) is 24.7. The Kier molecular flexibility index (Phi) is 45.9. The fraction of sp³-hybridized carbons (Fsp3) is 0.920. The zero-order chi connectivity index (χ0) is 40.0. The normalized spacial score (nSPS) is 12.1. The number of aliphatic hydroxyl groups excluding tert-OH is 1. The third kappa shape index (κ3) is 45.2. The van der Waals surface area contributed by atoms with Crippen LogP contribution in [0.1, 0.15) is 277 Å². The first-order chi connectivity index (χ1) is 27.1. The van der Waals surface area contributed by atoms with E-state index < -0.39 is 6.10 Å². The lowest BCUT2D eigenvalue weighted by atomic mass is 10.0. The van der Waals surface area contributed by atoms with Crippen molar-refractivity contribution in [2.75, 3.05) is 13.2 Å². The highest BCUT2D eigenvalue weighted by Gasteiger charge is 2.16. The number of carbonyl (C=O) groups excluding carboxylic acids is 2. The summed E-state index contributed by atoms with van der Waals surface area (Å²) in [5.74, 6) is -0.610. The van der Waals surface area contributed by atoms with Crippen molar-refractivity contribution in [1.29, 1.82) is 0 Å². The summed E-state index contributed by atoms with van der Waals surface area (Å²) in [5.41, 5.74) is 0. The van der Waals surface area contributed by atoms with E-state index in [1.54, 1.807) is 0 Å². The molecule has 0 unspecified atom stereocenters. The van der Waals surface area contributed by atoms with Gasteiger partial charge in [-0.3, -0.25) is 9.59 Å². The third-order valence-electron chi connectivity index (χ3n) is 11.3. The van der Waals surface area contributed by atoms with Gasteiger partial charge in [-0.25, -0.2) is 0 Å². The fourth-order valence-corrected chi connectivity index (χ4v) is 7.56. The summed E-state index contributed by atoms with van der Waals surface area (Å²) < 4.78 is 10.6. The third-order valence-corrected chi connectivity index (χ3v) is 11.3. The zero-order valence-corrected chi connectivity index (χ0v) is 37.2. The van der Waals surface area contributed by atoms with Crippen molar-refractivity contribution >= 4 is 11.9 Å². The topological polar surface area (TPSA) is 72.8 Å². The predicted molar refractivity (Wildman–Crippen MR) is 238 cm³/mol. The minimum Gasteiger partial charge on any atom is -0.462 e. The lowest BCUT2D eigenvalue weighted by Crippen LogP contribution is -2.28. The SMILES string of the molecule is CCCCCCCCCCCCCCCCCCCC/C=C/CCCC(=O)O[C@@H](CO)COC(=O)CCCCCCCCCCCCCCCCCCCC. The molecular weight excluding hydrogens is 681 g/mol. The summed E-state index contributed by atoms with van der Waals surface area (Å²) in [6, 6.07) is 0. The van der Waals surface area contributed by atoms with Crippen LogP contribution >= 0.6 is 0 Å². The molecule has 5 heteroatoms. The van der Waals surface area contributed by atoms with Crippen LogP contribution in [0.15, 0.2) is 12.2 Å². The van der Waals surface area contributed by atoms with E-state index in [1.165, 1.54) is 212 Å². The van der Waals surface area contributed by atoms with Crippen LogP contribution in [-0.4, -0.2) is 36.4 Å². The number of rotatable bonds is 46. The van der Waals surface area contributed by atoms with Gasteiger partial charge in [-0.05, 0) is 32.1 Å². The summed E-state index contributed by atoms with van der Waals surface area (Å²) in [6.45, 7) is 4.17. The number of aliphatic hydroxyl groups is 1. The Morgan fingerprint density at radius 3 is 1.04 bits per heavy atom. The van der Waals surface area contributed by atoms with Crippen LogP contribution in [0.5, 0.6) is 0 Å². The average molecular weight is 777 g/mol. The summed E-state index contributed by atoms with van der Waals surface area (Å²) in [7, 11) is 0. The van der Waals surface area contributed by atoms with E-state index in [9.17, 15) is 14.7 Å². The maximum Gasteiger partial charge on any atom is 0.306 e. The monoisotopic (exact) mass is 777 g/mol. The molecule has 0 aliphatic heterocycles. The molecule has 0 amide bonds. The molecule has 5 nitrogen and oxygen atoms in total. The van der Waals surface area contributed by atoms with Crippen molar-refractivity contribution < 1.29 is 24.2 Å². The maximum atomic E-state index is 12.2. The molecule has 0 aromatic carbocycles. The van der Waals surface area contributed by atoms with E-state index in [0.29, 0.717) is 12.8 Å². The highest BCUT2D eigenvalue weighted by molar-refractivity contribution is 5.70. The van der Waals surface area contributed by atoms with Crippen LogP contribution in [0.3, 0.4) is 0 Å². The van der Waals surface area contributed by atoms with Crippen molar-refractivity contribution in [2.24, 2.45) is 0 Å². The second-order valence-electron chi connectivity index (χ2n) is 16.9. The van der Waals surface area contributed by atoms with Gasteiger partial charge in [0.15, 0.2) is 6.10 Å². The smallest absolute Gasteiger partial charge is 0.306 e. The van der Waals surface area contributed by atoms with Gasteiger partial charge in [0.05, 0.1) is 6.61 Å². The lowest BCUT2D eigenvalue weighted by molar-refractivity contribution is -0.161. The molecule has 0 bridgehead atoms. The lowest BCUT2D eigenvalue weighted by Gasteiger charge is -2.15. The number of hydrogen-bond acceptors (Lipinski definition) is 5. The molecule has 0 spiro atoms. The summed E-state index contributed by atoms with van der Waals surface area (Å²) in [5, 5.41) is 9.60. The maximum absolute atomic E-state index is 12.2. The molecule has 0 radical (unpaired) electrons. The summed E-state index contributed by atoms with van der Waals surface area (Å²) in [6.07, 6.45) is 56.0. The molecule has 1 atom stereocenters. The average Bonchev–Trinajstić information content (AvgIpc) is 3.19. The molecule has 0 aromatic rings. The van der Waals surface area contributed by atoms with Crippen LogP contribution in [0.2, 0.25) is 0 Å². The Morgan fingerprint density at radius 1 is 0.400 bits per heavy atom. The number of hydrogen-bond donors (Lipinski definition) is 1. The van der Waals surface area contributed by atoms with Gasteiger partial charge in [0.2, 0.25) is 0 Å². The molecular formula is C50H96O5. The second-order valence-corrected chi connectivity index (χ2v) is 16.9. The Bertz CT molecular complexity index is 795. The standard InChI is InChI=1S/C50H96O5/c1-3-5-7-9-11-13-15-17-19-21-23-24-25-26-27-29-31-33-35-37-39-41-43-45-50(53)55-48(46-51)47-54-49(52)44-42-40-38-36-34-32-30-28-22-20-18-16-14-12-10-8-6-4-2/h37,39,48,51H,3-36,38,40-47H2,1-2H3/b39-37+/t48-/m0/s1. The van der Waals surface area contributed by atoms with E-state index in [-0.39, 0.29) is 25.2 Å². The number of esters is 2. The first kappa shape index (κ1) is 53.6. The predicted octanol–water partition coefficient (Wildman–Crippen LogP) is 16.0. The fourth-order valence-electron chi connectivity index (χ4n) is 7.56. The first-order valence-electron chi connectivity index (χ1n) is 24.7. The van der Waals surface area contributed by atoms with E-state index in [2.05, 4.69) is 26.0 Å². The van der Waals surface area contributed by atoms with Gasteiger partial charge in [-0.1, -0.05) is 244 Å². The summed E-state index contributed by atoms with van der Waals surface area (Å²) >= 11 is 0. The Hall–Kier alpha value is -1.36. The van der Waals surface area contributed by atoms with Gasteiger partial charge in [0.25, 0.3) is 0 Å². The molecule has 0 aliphatic rings. The Balaban J connectivity index is 3.47. The van der Waals surface area contributed by atoms with E-state index in [1.807, 2.05) is 0 Å². The number of allylic oxidation sites excluding steroid dienone is 2. The van der Waals surface area contributed by atoms with Gasteiger partial charge >= 0.3 is 11.9 Å². The number of carbonyl (C=O) groups is 2. The molecule has 0 rings (SSSR count). The van der Waals surface area contributed by atoms with Gasteiger partial charge in [0.1, 0.15) is 6.61 Å². The molecule has 326 valence electrons. The van der Waals surface area contributed by atoms with E-state index in [0.717, 1.165) is 38.5 Å². The van der Waals surface area contributed by atoms with Crippen LogP contribution in [0, 0.1) is 0 Å². The van der Waals surface area contributed by atoms with E-state index >= 15 is 0 Å². The minimum absolute atomic E-state index is 0.0700. The molecule has 0 aromatic heterocycles. The zero-order valence-electron chi connectivity index (χ0n) is 37.2. The van der Waals surface area contributed by atoms with Crippen LogP contribution in [0.25, 0.3) is 0 Å². The highest BCUT2D eigenvalue weighted by atomic mass is 16.6. The highest BCUT2D eigenvalue weighted by Crippen LogP contribution is 2.17. The van der Waals surface area contributed by atoms with Crippen molar-refractivity contribution in [3.05, 3.63) is 12.2 Å².